The Morgan fingerprint density at radius 3 is 1.19 bits per heavy atom. The summed E-state index contributed by atoms with van der Waals surface area (Å²) in [5, 5.41) is 0. The molecule has 3 heterocycles. The molecular weight excluding hydrogens is 433 g/mol. The Hall–Kier alpha value is -2.98. The molecule has 31 heavy (non-hydrogen) atoms. The molecule has 0 fully saturated rings. The summed E-state index contributed by atoms with van der Waals surface area (Å²) in [6, 6.07) is 34.2. The van der Waals surface area contributed by atoms with Crippen molar-refractivity contribution < 1.29 is 0 Å². The third-order valence-corrected chi connectivity index (χ3v) is 8.40. The van der Waals surface area contributed by atoms with E-state index in [9.17, 15) is 0 Å². The molecule has 3 aromatic heterocycles. The molecule has 0 aliphatic heterocycles. The molecule has 0 spiro atoms. The molecule has 0 atom stereocenters. The summed E-state index contributed by atoms with van der Waals surface area (Å²) in [6.45, 7) is 0. The quantitative estimate of drug-likeness (QED) is 0.240. The second kappa shape index (κ2) is 9.44. The molecule has 0 N–H and O–H groups in total. The van der Waals surface area contributed by atoms with Gasteiger partial charge in [0.1, 0.15) is 0 Å². The molecule has 0 bridgehead atoms. The lowest BCUT2D eigenvalue weighted by atomic mass is 10.2. The molecule has 2 aromatic carbocycles. The van der Waals surface area contributed by atoms with Gasteiger partial charge in [0, 0.05) is 29.3 Å². The number of hydrogen-bond donors (Lipinski definition) is 0. The Morgan fingerprint density at radius 1 is 0.355 bits per heavy atom. The molecule has 0 nitrogen and oxygen atoms in total. The first-order chi connectivity index (χ1) is 15.3. The largest absolute Gasteiger partial charge is 0.135 e. The minimum absolute atomic E-state index is 1.23. The second-order valence-electron chi connectivity index (χ2n) is 7.06. The predicted octanol–water partition coefficient (Wildman–Crippen LogP) is 9.55. The van der Waals surface area contributed by atoms with Gasteiger partial charge in [-0.05, 0) is 59.7 Å². The van der Waals surface area contributed by atoms with Crippen molar-refractivity contribution in [2.24, 2.45) is 0 Å². The first kappa shape index (κ1) is 20.0. The third-order valence-electron chi connectivity index (χ3n) is 4.82. The molecule has 150 valence electrons. The van der Waals surface area contributed by atoms with Crippen LogP contribution >= 0.6 is 34.0 Å². The number of hydrogen-bond acceptors (Lipinski definition) is 3. The van der Waals surface area contributed by atoms with Gasteiger partial charge in [0.05, 0.1) is 0 Å². The van der Waals surface area contributed by atoms with E-state index < -0.39 is 0 Å². The SMILES string of the molecule is C(=C\c1ccc(-c2ccc(-c3ccc(/C=C/c4ccccc4)s3)s2)s1)/c1ccccc1. The summed E-state index contributed by atoms with van der Waals surface area (Å²) in [4.78, 5) is 7.86. The number of thiophene rings is 3. The standard InChI is InChI=1S/C28H20S3/c1-3-7-21(8-4-1)11-13-23-15-17-25(29-23)27-19-20-28(31-27)26-18-16-24(30-26)14-12-22-9-5-2-6-10-22/h1-20H/b13-11+,14-12+. The summed E-state index contributed by atoms with van der Waals surface area (Å²) >= 11 is 5.55. The van der Waals surface area contributed by atoms with Crippen LogP contribution in [0.4, 0.5) is 0 Å². The molecule has 0 unspecified atom stereocenters. The van der Waals surface area contributed by atoms with Crippen molar-refractivity contribution in [3.8, 4) is 19.5 Å². The number of rotatable bonds is 6. The van der Waals surface area contributed by atoms with Gasteiger partial charge in [0.2, 0.25) is 0 Å². The molecule has 5 rings (SSSR count). The summed E-state index contributed by atoms with van der Waals surface area (Å²) < 4.78 is 0. The second-order valence-corrected chi connectivity index (χ2v) is 10.4. The van der Waals surface area contributed by atoms with Gasteiger partial charge in [0.25, 0.3) is 0 Å². The zero-order valence-corrected chi connectivity index (χ0v) is 19.2. The van der Waals surface area contributed by atoms with Gasteiger partial charge < -0.3 is 0 Å². The van der Waals surface area contributed by atoms with Gasteiger partial charge in [-0.1, -0.05) is 72.8 Å². The van der Waals surface area contributed by atoms with Crippen molar-refractivity contribution in [1.29, 1.82) is 0 Å². The summed E-state index contributed by atoms with van der Waals surface area (Å²) in [5.41, 5.74) is 2.45. The van der Waals surface area contributed by atoms with Gasteiger partial charge in [0.15, 0.2) is 0 Å². The summed E-state index contributed by atoms with van der Waals surface area (Å²) in [6.07, 6.45) is 8.74. The van der Waals surface area contributed by atoms with Gasteiger partial charge in [-0.15, -0.1) is 34.0 Å². The van der Waals surface area contributed by atoms with Crippen molar-refractivity contribution in [3.05, 3.63) is 118 Å². The van der Waals surface area contributed by atoms with E-state index in [1.165, 1.54) is 40.4 Å². The van der Waals surface area contributed by atoms with Crippen molar-refractivity contribution in [2.75, 3.05) is 0 Å². The maximum absolute atomic E-state index is 2.25. The highest BCUT2D eigenvalue weighted by molar-refractivity contribution is 7.26. The highest BCUT2D eigenvalue weighted by Gasteiger charge is 2.09. The van der Waals surface area contributed by atoms with Crippen LogP contribution in [0.25, 0.3) is 43.8 Å². The van der Waals surface area contributed by atoms with E-state index in [4.69, 9.17) is 0 Å². The Kier molecular flexibility index (Phi) is 6.08. The molecule has 0 amide bonds. The molecule has 0 radical (unpaired) electrons. The van der Waals surface area contributed by atoms with E-state index >= 15 is 0 Å². The Balaban J connectivity index is 1.30. The third kappa shape index (κ3) is 5.02. The van der Waals surface area contributed by atoms with E-state index in [2.05, 4.69) is 109 Å². The zero-order valence-electron chi connectivity index (χ0n) is 16.8. The fourth-order valence-electron chi connectivity index (χ4n) is 3.24. The Morgan fingerprint density at radius 2 is 0.742 bits per heavy atom. The minimum Gasteiger partial charge on any atom is -0.135 e. The van der Waals surface area contributed by atoms with E-state index in [0.29, 0.717) is 0 Å². The maximum atomic E-state index is 2.25. The normalized spacial score (nSPS) is 11.6. The van der Waals surface area contributed by atoms with Gasteiger partial charge in [-0.2, -0.15) is 0 Å². The molecule has 0 saturated heterocycles. The van der Waals surface area contributed by atoms with Crippen molar-refractivity contribution in [3.63, 3.8) is 0 Å². The highest BCUT2D eigenvalue weighted by atomic mass is 32.1. The van der Waals surface area contributed by atoms with Crippen LogP contribution in [0.5, 0.6) is 0 Å². The molecule has 5 aromatic rings. The highest BCUT2D eigenvalue weighted by Crippen LogP contribution is 2.40. The van der Waals surface area contributed by atoms with E-state index in [1.54, 1.807) is 0 Å². The predicted molar refractivity (Wildman–Crippen MR) is 142 cm³/mol. The van der Waals surface area contributed by atoms with Crippen LogP contribution in [0.1, 0.15) is 20.9 Å². The number of benzene rings is 2. The molecule has 0 saturated carbocycles. The lowest BCUT2D eigenvalue weighted by Crippen LogP contribution is -1.67. The van der Waals surface area contributed by atoms with Crippen LogP contribution in [0.2, 0.25) is 0 Å². The molecule has 3 heteroatoms. The van der Waals surface area contributed by atoms with Crippen LogP contribution < -0.4 is 0 Å². The maximum Gasteiger partial charge on any atom is 0.0449 e. The van der Waals surface area contributed by atoms with Gasteiger partial charge in [-0.3, -0.25) is 0 Å². The van der Waals surface area contributed by atoms with Crippen LogP contribution in [0.15, 0.2) is 97.1 Å². The van der Waals surface area contributed by atoms with E-state index in [1.807, 2.05) is 46.1 Å². The summed E-state index contributed by atoms with van der Waals surface area (Å²) in [7, 11) is 0. The van der Waals surface area contributed by atoms with Crippen LogP contribution in [0, 0.1) is 0 Å². The minimum atomic E-state index is 1.23. The van der Waals surface area contributed by atoms with Crippen LogP contribution in [0.3, 0.4) is 0 Å². The summed E-state index contributed by atoms with van der Waals surface area (Å²) in [5.74, 6) is 0. The molecule has 0 aliphatic carbocycles. The fourth-order valence-corrected chi connectivity index (χ4v) is 6.25. The van der Waals surface area contributed by atoms with Gasteiger partial charge >= 0.3 is 0 Å². The molecular formula is C28H20S3. The fraction of sp³-hybridized carbons (Fsp3) is 0. The first-order valence-electron chi connectivity index (χ1n) is 10.1. The van der Waals surface area contributed by atoms with Crippen molar-refractivity contribution in [2.45, 2.75) is 0 Å². The van der Waals surface area contributed by atoms with Crippen molar-refractivity contribution >= 4 is 58.3 Å². The van der Waals surface area contributed by atoms with Crippen LogP contribution in [-0.2, 0) is 0 Å². The topological polar surface area (TPSA) is 0 Å². The van der Waals surface area contributed by atoms with Gasteiger partial charge in [-0.25, -0.2) is 0 Å². The Labute approximate surface area is 195 Å². The monoisotopic (exact) mass is 452 g/mol. The average molecular weight is 453 g/mol. The van der Waals surface area contributed by atoms with E-state index in [-0.39, 0.29) is 0 Å². The molecule has 0 aliphatic rings. The Bertz CT molecular complexity index is 1210. The zero-order chi connectivity index (χ0) is 20.9. The average Bonchev–Trinajstić information content (AvgIpc) is 3.58. The van der Waals surface area contributed by atoms with Crippen LogP contribution in [-0.4, -0.2) is 0 Å². The lowest BCUT2D eigenvalue weighted by molar-refractivity contribution is 1.67. The smallest absolute Gasteiger partial charge is 0.0449 e. The van der Waals surface area contributed by atoms with E-state index in [0.717, 1.165) is 0 Å². The lowest BCUT2D eigenvalue weighted by Gasteiger charge is -1.92. The van der Waals surface area contributed by atoms with Crippen molar-refractivity contribution in [1.82, 2.24) is 0 Å². The first-order valence-corrected chi connectivity index (χ1v) is 12.5.